The number of thioether (sulfide) groups is 1. The Hall–Kier alpha value is -1.43. The van der Waals surface area contributed by atoms with E-state index in [1.54, 1.807) is 6.07 Å². The van der Waals surface area contributed by atoms with E-state index in [1.165, 1.54) is 30.7 Å². The third-order valence-corrected chi connectivity index (χ3v) is 4.70. The summed E-state index contributed by atoms with van der Waals surface area (Å²) in [6.07, 6.45) is 2.54. The predicted octanol–water partition coefficient (Wildman–Crippen LogP) is 2.48. The number of nitrogens with zero attached hydrogens (tertiary/aromatic N) is 1. The molecule has 1 heterocycles. The number of phenols is 1. The lowest BCUT2D eigenvalue weighted by Crippen LogP contribution is -2.40. The molecule has 0 saturated carbocycles. The Morgan fingerprint density at radius 2 is 2.33 bits per heavy atom. The highest BCUT2D eigenvalue weighted by Gasteiger charge is 2.15. The molecule has 0 amide bonds. The zero-order valence-corrected chi connectivity index (χ0v) is 13.0. The number of hydrogen-bond donors (Lipinski definition) is 3. The molecule has 1 fully saturated rings. The van der Waals surface area contributed by atoms with Gasteiger partial charge in [0.2, 0.25) is 0 Å². The van der Waals surface area contributed by atoms with E-state index in [1.807, 2.05) is 18.7 Å². The number of halogens is 1. The van der Waals surface area contributed by atoms with Crippen LogP contribution in [0.2, 0.25) is 0 Å². The van der Waals surface area contributed by atoms with Gasteiger partial charge >= 0.3 is 0 Å². The van der Waals surface area contributed by atoms with Crippen LogP contribution in [0, 0.1) is 5.82 Å². The largest absolute Gasteiger partial charge is 0.505 e. The van der Waals surface area contributed by atoms with Gasteiger partial charge < -0.3 is 15.7 Å². The molecule has 0 bridgehead atoms. The maximum atomic E-state index is 13.3. The molecule has 1 aromatic carbocycles. The lowest BCUT2D eigenvalue weighted by molar-refractivity contribution is 0.432. The molecular weight excluding hydrogens is 289 g/mol. The van der Waals surface area contributed by atoms with Crippen molar-refractivity contribution in [2.24, 2.45) is 4.99 Å². The molecule has 2 rings (SSSR count). The van der Waals surface area contributed by atoms with Crippen molar-refractivity contribution in [2.75, 3.05) is 18.8 Å². The van der Waals surface area contributed by atoms with E-state index in [0.29, 0.717) is 11.8 Å². The van der Waals surface area contributed by atoms with Crippen LogP contribution < -0.4 is 10.6 Å². The maximum absolute atomic E-state index is 13.3. The molecule has 4 nitrogen and oxygen atoms in total. The number of rotatable bonds is 5. The van der Waals surface area contributed by atoms with Crippen LogP contribution in [0.3, 0.4) is 0 Å². The highest BCUT2D eigenvalue weighted by Crippen LogP contribution is 2.25. The van der Waals surface area contributed by atoms with E-state index in [-0.39, 0.29) is 5.75 Å². The molecule has 1 atom stereocenters. The molecule has 1 aliphatic heterocycles. The molecule has 0 aliphatic carbocycles. The minimum absolute atomic E-state index is 0.328. The minimum Gasteiger partial charge on any atom is -0.505 e. The monoisotopic (exact) mass is 311 g/mol. The average Bonchev–Trinajstić information content (AvgIpc) is 2.99. The van der Waals surface area contributed by atoms with E-state index in [2.05, 4.69) is 15.6 Å². The van der Waals surface area contributed by atoms with Crippen molar-refractivity contribution in [3.05, 3.63) is 29.6 Å². The Balaban J connectivity index is 1.90. The summed E-state index contributed by atoms with van der Waals surface area (Å²) in [6.45, 7) is 4.08. The Morgan fingerprint density at radius 1 is 1.48 bits per heavy atom. The number of aromatic hydroxyl groups is 1. The lowest BCUT2D eigenvalue weighted by atomic mass is 10.2. The molecule has 3 N–H and O–H groups in total. The third-order valence-electron chi connectivity index (χ3n) is 3.30. The van der Waals surface area contributed by atoms with Gasteiger partial charge in [0.25, 0.3) is 0 Å². The Bertz CT molecular complexity index is 490. The fourth-order valence-corrected chi connectivity index (χ4v) is 3.38. The van der Waals surface area contributed by atoms with Crippen molar-refractivity contribution < 1.29 is 9.50 Å². The molecule has 0 radical (unpaired) electrons. The van der Waals surface area contributed by atoms with Gasteiger partial charge in [-0.2, -0.15) is 11.8 Å². The first-order valence-electron chi connectivity index (χ1n) is 7.30. The Kier molecular flexibility index (Phi) is 6.17. The van der Waals surface area contributed by atoms with Crippen LogP contribution in [-0.2, 0) is 6.54 Å². The number of aliphatic imine (C=N–C) groups is 1. The van der Waals surface area contributed by atoms with E-state index in [0.717, 1.165) is 24.6 Å². The number of guanidine groups is 1. The van der Waals surface area contributed by atoms with Gasteiger partial charge in [0.05, 0.1) is 6.54 Å². The second kappa shape index (κ2) is 8.12. The van der Waals surface area contributed by atoms with E-state index in [9.17, 15) is 9.50 Å². The van der Waals surface area contributed by atoms with Crippen LogP contribution in [0.15, 0.2) is 23.2 Å². The lowest BCUT2D eigenvalue weighted by Gasteiger charge is -2.14. The molecular formula is C15H22FN3OS. The molecule has 6 heteroatoms. The summed E-state index contributed by atoms with van der Waals surface area (Å²) in [5.74, 6) is 1.06. The van der Waals surface area contributed by atoms with Crippen LogP contribution in [0.4, 0.5) is 4.39 Å². The van der Waals surface area contributed by atoms with E-state index >= 15 is 0 Å². The van der Waals surface area contributed by atoms with Crippen LogP contribution >= 0.6 is 11.8 Å². The van der Waals surface area contributed by atoms with Crippen molar-refractivity contribution in [3.63, 3.8) is 0 Å². The first kappa shape index (κ1) is 15.9. The summed E-state index contributed by atoms with van der Waals surface area (Å²) in [5, 5.41) is 16.3. The van der Waals surface area contributed by atoms with Gasteiger partial charge in [-0.05, 0) is 43.2 Å². The summed E-state index contributed by atoms with van der Waals surface area (Å²) in [4.78, 5) is 4.45. The Labute approximate surface area is 129 Å². The van der Waals surface area contributed by atoms with E-state index in [4.69, 9.17) is 0 Å². The van der Waals surface area contributed by atoms with Gasteiger partial charge in [-0.3, -0.25) is 0 Å². The second-order valence-corrected chi connectivity index (χ2v) is 6.41. The highest BCUT2D eigenvalue weighted by molar-refractivity contribution is 8.00. The van der Waals surface area contributed by atoms with Crippen LogP contribution in [0.5, 0.6) is 5.75 Å². The molecule has 1 unspecified atom stereocenters. The fraction of sp³-hybridized carbons (Fsp3) is 0.533. The van der Waals surface area contributed by atoms with Gasteiger partial charge in [0.15, 0.2) is 17.5 Å². The van der Waals surface area contributed by atoms with Crippen LogP contribution in [0.1, 0.15) is 25.3 Å². The van der Waals surface area contributed by atoms with Crippen molar-refractivity contribution in [3.8, 4) is 5.75 Å². The van der Waals surface area contributed by atoms with Crippen molar-refractivity contribution in [1.82, 2.24) is 10.6 Å². The van der Waals surface area contributed by atoms with Crippen molar-refractivity contribution >= 4 is 17.7 Å². The maximum Gasteiger partial charge on any atom is 0.191 e. The van der Waals surface area contributed by atoms with Gasteiger partial charge in [-0.15, -0.1) is 0 Å². The highest BCUT2D eigenvalue weighted by atomic mass is 32.2. The van der Waals surface area contributed by atoms with Gasteiger partial charge in [-0.1, -0.05) is 6.07 Å². The molecule has 0 aromatic heterocycles. The Morgan fingerprint density at radius 3 is 3.00 bits per heavy atom. The summed E-state index contributed by atoms with van der Waals surface area (Å²) < 4.78 is 13.3. The summed E-state index contributed by atoms with van der Waals surface area (Å²) >= 11 is 2.00. The fourth-order valence-electron chi connectivity index (χ4n) is 2.18. The molecule has 1 aliphatic rings. The summed E-state index contributed by atoms with van der Waals surface area (Å²) in [7, 11) is 0. The van der Waals surface area contributed by atoms with E-state index < -0.39 is 5.82 Å². The van der Waals surface area contributed by atoms with Gasteiger partial charge in [-0.25, -0.2) is 9.38 Å². The average molecular weight is 311 g/mol. The second-order valence-electron chi connectivity index (χ2n) is 5.00. The first-order chi connectivity index (χ1) is 10.2. The van der Waals surface area contributed by atoms with Gasteiger partial charge in [0, 0.05) is 18.3 Å². The normalized spacial score (nSPS) is 18.8. The number of nitrogens with one attached hydrogen (secondary N) is 2. The molecule has 21 heavy (non-hydrogen) atoms. The quantitative estimate of drug-likeness (QED) is 0.578. The summed E-state index contributed by atoms with van der Waals surface area (Å²) in [6, 6.07) is 4.35. The SMILES string of the molecule is CCNC(=NCc1ccc(O)c(F)c1)NCC1CCCS1. The van der Waals surface area contributed by atoms with Crippen LogP contribution in [-0.4, -0.2) is 35.2 Å². The number of hydrogen-bond acceptors (Lipinski definition) is 3. The molecule has 1 aromatic rings. The summed E-state index contributed by atoms with van der Waals surface area (Å²) in [5.41, 5.74) is 0.734. The molecule has 1 saturated heterocycles. The number of phenolic OH excluding ortho intramolecular Hbond substituents is 1. The van der Waals surface area contributed by atoms with Crippen molar-refractivity contribution in [1.29, 1.82) is 0 Å². The zero-order chi connectivity index (χ0) is 15.1. The zero-order valence-electron chi connectivity index (χ0n) is 12.2. The topological polar surface area (TPSA) is 56.7 Å². The predicted molar refractivity (Wildman–Crippen MR) is 86.4 cm³/mol. The third kappa shape index (κ3) is 5.12. The minimum atomic E-state index is -0.608. The van der Waals surface area contributed by atoms with Gasteiger partial charge in [0.1, 0.15) is 0 Å². The smallest absolute Gasteiger partial charge is 0.191 e. The molecule has 116 valence electrons. The number of benzene rings is 1. The standard InChI is InChI=1S/C15H22FN3OS/c1-2-17-15(19-10-12-4-3-7-21-12)18-9-11-5-6-14(20)13(16)8-11/h5-6,8,12,20H,2-4,7,9-10H2,1H3,(H2,17,18,19). The first-order valence-corrected chi connectivity index (χ1v) is 8.35. The van der Waals surface area contributed by atoms with Crippen LogP contribution in [0.25, 0.3) is 0 Å². The van der Waals surface area contributed by atoms with Crippen molar-refractivity contribution in [2.45, 2.75) is 31.6 Å². The molecule has 0 spiro atoms.